The molecule has 0 unspecified atom stereocenters. The topological polar surface area (TPSA) is 85.0 Å². The van der Waals surface area contributed by atoms with Gasteiger partial charge in [-0.1, -0.05) is 0 Å². The third-order valence-corrected chi connectivity index (χ3v) is 4.29. The van der Waals surface area contributed by atoms with E-state index in [1.807, 2.05) is 0 Å². The number of hydrogen-bond acceptors (Lipinski definition) is 6. The molecular weight excluding hydrogens is 288 g/mol. The van der Waals surface area contributed by atoms with Gasteiger partial charge in [0.05, 0.1) is 19.3 Å². The van der Waals surface area contributed by atoms with Gasteiger partial charge in [-0.2, -0.15) is 0 Å². The highest BCUT2D eigenvalue weighted by Crippen LogP contribution is 2.25. The van der Waals surface area contributed by atoms with E-state index in [2.05, 4.69) is 5.16 Å². The van der Waals surface area contributed by atoms with E-state index in [0.29, 0.717) is 24.5 Å². The third kappa shape index (κ3) is 3.78. The maximum atomic E-state index is 12.3. The lowest BCUT2D eigenvalue weighted by Gasteiger charge is -2.39. The Morgan fingerprint density at radius 2 is 2.27 bits per heavy atom. The Morgan fingerprint density at radius 3 is 2.91 bits per heavy atom. The molecule has 1 fully saturated rings. The molecule has 0 aliphatic heterocycles. The van der Waals surface area contributed by atoms with E-state index < -0.39 is 6.10 Å². The fourth-order valence-corrected chi connectivity index (χ4v) is 2.90. The Labute approximate surface area is 130 Å². The minimum absolute atomic E-state index is 0.0313. The van der Waals surface area contributed by atoms with Crippen LogP contribution in [0, 0.1) is 0 Å². The monoisotopic (exact) mass is 312 g/mol. The lowest BCUT2D eigenvalue weighted by Crippen LogP contribution is -2.52. The summed E-state index contributed by atoms with van der Waals surface area (Å²) in [5.41, 5.74) is 0. The highest BCUT2D eigenvalue weighted by molar-refractivity contribution is 5.76. The first-order chi connectivity index (χ1) is 10.6. The average molecular weight is 312 g/mol. The van der Waals surface area contributed by atoms with Crippen molar-refractivity contribution in [2.75, 3.05) is 21.3 Å². The standard InChI is InChI=1S/C15H24N2O5/c1-17(11-5-4-6-12(20-2)15(11)19)14(18)8-7-10-9-13(21-3)16-22-10/h9,11-12,15,19H,4-8H2,1-3H3/t11-,12-,15-/m1/s1. The van der Waals surface area contributed by atoms with E-state index >= 15 is 0 Å². The van der Waals surface area contributed by atoms with Gasteiger partial charge in [0.15, 0.2) is 0 Å². The molecule has 1 aromatic heterocycles. The Hall–Kier alpha value is -1.60. The molecule has 1 aliphatic rings. The molecule has 1 heterocycles. The number of aromatic nitrogens is 1. The van der Waals surface area contributed by atoms with E-state index in [1.165, 1.54) is 7.11 Å². The molecule has 0 bridgehead atoms. The van der Waals surface area contributed by atoms with Gasteiger partial charge in [0.2, 0.25) is 5.91 Å². The summed E-state index contributed by atoms with van der Waals surface area (Å²) in [6, 6.07) is 1.47. The average Bonchev–Trinajstić information content (AvgIpc) is 3.00. The maximum Gasteiger partial charge on any atom is 0.254 e. The van der Waals surface area contributed by atoms with E-state index in [1.54, 1.807) is 25.1 Å². The number of ether oxygens (including phenoxy) is 2. The highest BCUT2D eigenvalue weighted by atomic mass is 16.5. The number of aliphatic hydroxyl groups excluding tert-OH is 1. The summed E-state index contributed by atoms with van der Waals surface area (Å²) in [6.07, 6.45) is 2.47. The number of methoxy groups -OCH3 is 2. The van der Waals surface area contributed by atoms with Gasteiger partial charge in [-0.3, -0.25) is 4.79 Å². The van der Waals surface area contributed by atoms with Gasteiger partial charge in [-0.05, 0) is 24.4 Å². The summed E-state index contributed by atoms with van der Waals surface area (Å²) in [5, 5.41) is 14.0. The molecule has 7 heteroatoms. The van der Waals surface area contributed by atoms with Gasteiger partial charge < -0.3 is 24.0 Å². The molecular formula is C15H24N2O5. The van der Waals surface area contributed by atoms with Crippen LogP contribution in [0.2, 0.25) is 0 Å². The van der Waals surface area contributed by atoms with Crippen LogP contribution >= 0.6 is 0 Å². The molecule has 1 saturated carbocycles. The van der Waals surface area contributed by atoms with Crippen molar-refractivity contribution in [3.8, 4) is 5.88 Å². The van der Waals surface area contributed by atoms with E-state index in [0.717, 1.165) is 19.3 Å². The largest absolute Gasteiger partial charge is 0.479 e. The summed E-state index contributed by atoms with van der Waals surface area (Å²) in [6.45, 7) is 0. The van der Waals surface area contributed by atoms with E-state index in [-0.39, 0.29) is 18.1 Å². The number of carbonyl (C=O) groups excluding carboxylic acids is 1. The van der Waals surface area contributed by atoms with Gasteiger partial charge in [-0.15, -0.1) is 0 Å². The zero-order valence-electron chi connectivity index (χ0n) is 13.3. The first kappa shape index (κ1) is 16.8. The molecule has 0 spiro atoms. The van der Waals surface area contributed by atoms with Gasteiger partial charge in [0, 0.05) is 33.1 Å². The molecule has 22 heavy (non-hydrogen) atoms. The molecule has 124 valence electrons. The fraction of sp³-hybridized carbons (Fsp3) is 0.733. The summed E-state index contributed by atoms with van der Waals surface area (Å²) >= 11 is 0. The van der Waals surface area contributed by atoms with Crippen LogP contribution in [0.4, 0.5) is 0 Å². The predicted octanol–water partition coefficient (Wildman–Crippen LogP) is 1.00. The summed E-state index contributed by atoms with van der Waals surface area (Å²) in [5.74, 6) is 0.982. The van der Waals surface area contributed by atoms with Crippen molar-refractivity contribution < 1.29 is 23.9 Å². The minimum Gasteiger partial charge on any atom is -0.479 e. The van der Waals surface area contributed by atoms with Crippen molar-refractivity contribution in [3.05, 3.63) is 11.8 Å². The van der Waals surface area contributed by atoms with Crippen LogP contribution in [-0.4, -0.2) is 60.6 Å². The molecule has 1 amide bonds. The molecule has 1 aromatic rings. The second-order valence-corrected chi connectivity index (χ2v) is 5.60. The van der Waals surface area contributed by atoms with Crippen LogP contribution in [0.3, 0.4) is 0 Å². The van der Waals surface area contributed by atoms with Gasteiger partial charge >= 0.3 is 0 Å². The minimum atomic E-state index is -0.641. The number of aliphatic hydroxyl groups is 1. The number of aryl methyl sites for hydroxylation is 1. The molecule has 1 aliphatic carbocycles. The molecule has 3 atom stereocenters. The molecule has 0 radical (unpaired) electrons. The van der Waals surface area contributed by atoms with Crippen LogP contribution in [0.1, 0.15) is 31.4 Å². The maximum absolute atomic E-state index is 12.3. The van der Waals surface area contributed by atoms with Crippen molar-refractivity contribution >= 4 is 5.91 Å². The molecule has 0 aromatic carbocycles. The SMILES string of the molecule is COc1cc(CCC(=O)N(C)[C@@H]2CCC[C@@H](OC)[C@@H]2O)on1. The zero-order valence-corrected chi connectivity index (χ0v) is 13.3. The lowest BCUT2D eigenvalue weighted by molar-refractivity contribution is -0.140. The predicted molar refractivity (Wildman–Crippen MR) is 78.6 cm³/mol. The van der Waals surface area contributed by atoms with Crippen molar-refractivity contribution in [2.24, 2.45) is 0 Å². The van der Waals surface area contributed by atoms with Crippen LogP contribution in [0.5, 0.6) is 5.88 Å². The summed E-state index contributed by atoms with van der Waals surface area (Å²) in [7, 11) is 4.84. The molecule has 1 N–H and O–H groups in total. The number of hydrogen-bond donors (Lipinski definition) is 1. The molecule has 2 rings (SSSR count). The van der Waals surface area contributed by atoms with Crippen LogP contribution in [-0.2, 0) is 16.0 Å². The van der Waals surface area contributed by atoms with Crippen LogP contribution in [0.15, 0.2) is 10.6 Å². The Balaban J connectivity index is 1.88. The Kier molecular flexibility index (Phi) is 5.79. The van der Waals surface area contributed by atoms with E-state index in [9.17, 15) is 9.90 Å². The van der Waals surface area contributed by atoms with Crippen LogP contribution in [0.25, 0.3) is 0 Å². The second kappa shape index (κ2) is 7.60. The number of rotatable bonds is 6. The summed E-state index contributed by atoms with van der Waals surface area (Å²) in [4.78, 5) is 13.9. The number of carbonyl (C=O) groups is 1. The van der Waals surface area contributed by atoms with E-state index in [4.69, 9.17) is 14.0 Å². The smallest absolute Gasteiger partial charge is 0.254 e. The third-order valence-electron chi connectivity index (χ3n) is 4.29. The lowest BCUT2D eigenvalue weighted by atomic mass is 9.89. The summed E-state index contributed by atoms with van der Waals surface area (Å²) < 4.78 is 15.3. The second-order valence-electron chi connectivity index (χ2n) is 5.60. The highest BCUT2D eigenvalue weighted by Gasteiger charge is 2.35. The Bertz CT molecular complexity index is 490. The van der Waals surface area contributed by atoms with Crippen molar-refractivity contribution in [1.29, 1.82) is 0 Å². The molecule has 0 saturated heterocycles. The fourth-order valence-electron chi connectivity index (χ4n) is 2.90. The molecule has 7 nitrogen and oxygen atoms in total. The van der Waals surface area contributed by atoms with Crippen molar-refractivity contribution in [2.45, 2.75) is 50.4 Å². The number of amides is 1. The quantitative estimate of drug-likeness (QED) is 0.843. The van der Waals surface area contributed by atoms with Crippen LogP contribution < -0.4 is 4.74 Å². The number of nitrogens with zero attached hydrogens (tertiary/aromatic N) is 2. The normalized spacial score (nSPS) is 25.0. The zero-order chi connectivity index (χ0) is 16.1. The Morgan fingerprint density at radius 1 is 1.50 bits per heavy atom. The first-order valence-corrected chi connectivity index (χ1v) is 7.53. The first-order valence-electron chi connectivity index (χ1n) is 7.53. The van der Waals surface area contributed by atoms with Crippen molar-refractivity contribution in [3.63, 3.8) is 0 Å². The van der Waals surface area contributed by atoms with Crippen molar-refractivity contribution in [1.82, 2.24) is 10.1 Å². The van der Waals surface area contributed by atoms with Gasteiger partial charge in [0.1, 0.15) is 11.9 Å². The van der Waals surface area contributed by atoms with Gasteiger partial charge in [-0.25, -0.2) is 0 Å². The number of likely N-dealkylation sites (N-methyl/N-ethyl adjacent to an activating group) is 1. The van der Waals surface area contributed by atoms with Gasteiger partial charge in [0.25, 0.3) is 5.88 Å².